The van der Waals surface area contributed by atoms with Crippen LogP contribution in [-0.2, 0) is 4.79 Å². The van der Waals surface area contributed by atoms with Crippen molar-refractivity contribution >= 4 is 11.7 Å². The molecule has 4 nitrogen and oxygen atoms in total. The van der Waals surface area contributed by atoms with Crippen LogP contribution in [0.5, 0.6) is 0 Å². The average molecular weight is 264 g/mol. The van der Waals surface area contributed by atoms with E-state index in [1.165, 1.54) is 5.56 Å². The van der Waals surface area contributed by atoms with E-state index in [1.807, 2.05) is 33.0 Å². The molecule has 1 rings (SSSR count). The minimum atomic E-state index is -0.786. The van der Waals surface area contributed by atoms with Gasteiger partial charge in [0.2, 0.25) is 0 Å². The SMILES string of the molecule is Cc1cccc(N(C)CCC(NC(C)C)C(=O)O)c1. The Bertz CT molecular complexity index is 418. The topological polar surface area (TPSA) is 52.6 Å². The molecule has 0 saturated carbocycles. The number of anilines is 1. The lowest BCUT2D eigenvalue weighted by Crippen LogP contribution is -2.42. The van der Waals surface area contributed by atoms with Gasteiger partial charge in [-0.3, -0.25) is 4.79 Å². The van der Waals surface area contributed by atoms with E-state index < -0.39 is 12.0 Å². The molecule has 1 aromatic rings. The molecule has 0 amide bonds. The third-order valence-electron chi connectivity index (χ3n) is 3.03. The summed E-state index contributed by atoms with van der Waals surface area (Å²) >= 11 is 0. The van der Waals surface area contributed by atoms with Crippen molar-refractivity contribution in [2.45, 2.75) is 39.3 Å². The maximum Gasteiger partial charge on any atom is 0.320 e. The first kappa shape index (κ1) is 15.5. The second-order valence-electron chi connectivity index (χ2n) is 5.26. The summed E-state index contributed by atoms with van der Waals surface area (Å²) in [6.07, 6.45) is 0.581. The third-order valence-corrected chi connectivity index (χ3v) is 3.03. The molecule has 19 heavy (non-hydrogen) atoms. The Morgan fingerprint density at radius 1 is 1.42 bits per heavy atom. The summed E-state index contributed by atoms with van der Waals surface area (Å²) in [4.78, 5) is 13.2. The van der Waals surface area contributed by atoms with Gasteiger partial charge in [0, 0.05) is 25.3 Å². The smallest absolute Gasteiger partial charge is 0.320 e. The Labute approximate surface area is 115 Å². The van der Waals surface area contributed by atoms with Crippen molar-refractivity contribution in [2.24, 2.45) is 0 Å². The second-order valence-corrected chi connectivity index (χ2v) is 5.26. The van der Waals surface area contributed by atoms with Crippen molar-refractivity contribution in [1.29, 1.82) is 0 Å². The highest BCUT2D eigenvalue weighted by molar-refractivity contribution is 5.73. The predicted molar refractivity (Wildman–Crippen MR) is 78.8 cm³/mol. The summed E-state index contributed by atoms with van der Waals surface area (Å²) in [7, 11) is 1.99. The first-order valence-corrected chi connectivity index (χ1v) is 6.67. The van der Waals surface area contributed by atoms with Crippen molar-refractivity contribution in [1.82, 2.24) is 5.32 Å². The van der Waals surface area contributed by atoms with Gasteiger partial charge in [-0.25, -0.2) is 0 Å². The van der Waals surface area contributed by atoms with E-state index in [-0.39, 0.29) is 6.04 Å². The Balaban J connectivity index is 2.56. The molecule has 0 radical (unpaired) electrons. The van der Waals surface area contributed by atoms with Crippen LogP contribution in [0.3, 0.4) is 0 Å². The fourth-order valence-electron chi connectivity index (χ4n) is 2.00. The number of benzene rings is 1. The summed E-state index contributed by atoms with van der Waals surface area (Å²) in [5.74, 6) is -0.786. The lowest BCUT2D eigenvalue weighted by molar-refractivity contribution is -0.139. The minimum absolute atomic E-state index is 0.172. The van der Waals surface area contributed by atoms with Crippen LogP contribution in [0.25, 0.3) is 0 Å². The van der Waals surface area contributed by atoms with Gasteiger partial charge in [0.05, 0.1) is 0 Å². The Kier molecular flexibility index (Phi) is 5.83. The second kappa shape index (κ2) is 7.14. The lowest BCUT2D eigenvalue weighted by Gasteiger charge is -2.23. The number of rotatable bonds is 7. The zero-order chi connectivity index (χ0) is 14.4. The molecule has 0 heterocycles. The van der Waals surface area contributed by atoms with Crippen LogP contribution in [-0.4, -0.2) is 36.8 Å². The van der Waals surface area contributed by atoms with Gasteiger partial charge in [0.1, 0.15) is 6.04 Å². The number of nitrogens with one attached hydrogen (secondary N) is 1. The molecule has 0 aromatic heterocycles. The van der Waals surface area contributed by atoms with E-state index in [0.29, 0.717) is 13.0 Å². The van der Waals surface area contributed by atoms with Crippen molar-refractivity contribution in [3.8, 4) is 0 Å². The molecule has 1 unspecified atom stereocenters. The molecule has 106 valence electrons. The maximum absolute atomic E-state index is 11.2. The molecular weight excluding hydrogens is 240 g/mol. The zero-order valence-corrected chi connectivity index (χ0v) is 12.2. The number of hydrogen-bond donors (Lipinski definition) is 2. The molecule has 1 aromatic carbocycles. The molecule has 0 aliphatic carbocycles. The van der Waals surface area contributed by atoms with Gasteiger partial charge in [-0.2, -0.15) is 0 Å². The van der Waals surface area contributed by atoms with Gasteiger partial charge in [-0.05, 0) is 31.0 Å². The van der Waals surface area contributed by atoms with E-state index >= 15 is 0 Å². The molecule has 4 heteroatoms. The van der Waals surface area contributed by atoms with Crippen molar-refractivity contribution in [3.05, 3.63) is 29.8 Å². The summed E-state index contributed by atoms with van der Waals surface area (Å²) in [6, 6.07) is 7.89. The van der Waals surface area contributed by atoms with Gasteiger partial charge >= 0.3 is 5.97 Å². The van der Waals surface area contributed by atoms with Gasteiger partial charge in [-0.1, -0.05) is 26.0 Å². The first-order valence-electron chi connectivity index (χ1n) is 6.67. The standard InChI is InChI=1S/C15H24N2O2/c1-11(2)16-14(15(18)19)8-9-17(4)13-7-5-6-12(3)10-13/h5-7,10-11,14,16H,8-9H2,1-4H3,(H,18,19). The van der Waals surface area contributed by atoms with Crippen molar-refractivity contribution in [3.63, 3.8) is 0 Å². The lowest BCUT2D eigenvalue weighted by atomic mass is 10.1. The highest BCUT2D eigenvalue weighted by atomic mass is 16.4. The number of carbonyl (C=O) groups is 1. The van der Waals surface area contributed by atoms with Gasteiger partial charge in [0.15, 0.2) is 0 Å². The van der Waals surface area contributed by atoms with Crippen LogP contribution in [0.1, 0.15) is 25.8 Å². The van der Waals surface area contributed by atoms with Crippen molar-refractivity contribution in [2.75, 3.05) is 18.5 Å². The highest BCUT2D eigenvalue weighted by Crippen LogP contribution is 2.14. The number of aryl methyl sites for hydroxylation is 1. The number of nitrogens with zero attached hydrogens (tertiary/aromatic N) is 1. The summed E-state index contributed by atoms with van der Waals surface area (Å²) in [5.41, 5.74) is 2.33. The fraction of sp³-hybridized carbons (Fsp3) is 0.533. The van der Waals surface area contributed by atoms with Crippen LogP contribution in [0.15, 0.2) is 24.3 Å². The predicted octanol–water partition coefficient (Wildman–Crippen LogP) is 2.27. The van der Waals surface area contributed by atoms with E-state index in [0.717, 1.165) is 5.69 Å². The van der Waals surface area contributed by atoms with Gasteiger partial charge < -0.3 is 15.3 Å². The molecule has 0 aliphatic heterocycles. The van der Waals surface area contributed by atoms with Crippen LogP contribution in [0.4, 0.5) is 5.69 Å². The maximum atomic E-state index is 11.2. The van der Waals surface area contributed by atoms with Crippen LogP contribution < -0.4 is 10.2 Å². The van der Waals surface area contributed by atoms with E-state index in [9.17, 15) is 4.79 Å². The highest BCUT2D eigenvalue weighted by Gasteiger charge is 2.18. The Hall–Kier alpha value is -1.55. The number of carboxylic acid groups (broad SMARTS) is 1. The quantitative estimate of drug-likeness (QED) is 0.793. The number of hydrogen-bond acceptors (Lipinski definition) is 3. The third kappa shape index (κ3) is 5.30. The van der Waals surface area contributed by atoms with E-state index in [1.54, 1.807) is 0 Å². The molecule has 0 saturated heterocycles. The normalized spacial score (nSPS) is 12.5. The molecule has 0 bridgehead atoms. The summed E-state index contributed by atoms with van der Waals surface area (Å²) in [5, 5.41) is 12.2. The van der Waals surface area contributed by atoms with Crippen molar-refractivity contribution < 1.29 is 9.90 Å². The van der Waals surface area contributed by atoms with E-state index in [4.69, 9.17) is 5.11 Å². The molecule has 0 aliphatic rings. The van der Waals surface area contributed by atoms with Gasteiger partial charge in [0.25, 0.3) is 0 Å². The molecule has 0 spiro atoms. The van der Waals surface area contributed by atoms with E-state index in [2.05, 4.69) is 29.3 Å². The van der Waals surface area contributed by atoms with Crippen LogP contribution >= 0.6 is 0 Å². The monoisotopic (exact) mass is 264 g/mol. The molecule has 2 N–H and O–H groups in total. The molecular formula is C15H24N2O2. The van der Waals surface area contributed by atoms with Gasteiger partial charge in [-0.15, -0.1) is 0 Å². The molecule has 1 atom stereocenters. The Morgan fingerprint density at radius 3 is 2.63 bits per heavy atom. The first-order chi connectivity index (χ1) is 8.90. The summed E-state index contributed by atoms with van der Waals surface area (Å²) < 4.78 is 0. The summed E-state index contributed by atoms with van der Waals surface area (Å²) in [6.45, 7) is 6.68. The number of carboxylic acids is 1. The van der Waals surface area contributed by atoms with Crippen LogP contribution in [0, 0.1) is 6.92 Å². The van der Waals surface area contributed by atoms with Crippen LogP contribution in [0.2, 0.25) is 0 Å². The minimum Gasteiger partial charge on any atom is -0.480 e. The fourth-order valence-corrected chi connectivity index (χ4v) is 2.00. The largest absolute Gasteiger partial charge is 0.480 e. The molecule has 0 fully saturated rings. The Morgan fingerprint density at radius 2 is 2.11 bits per heavy atom. The number of aliphatic carboxylic acids is 1. The zero-order valence-electron chi connectivity index (χ0n) is 12.2. The average Bonchev–Trinajstić information content (AvgIpc) is 2.33.